The number of amides is 2. The predicted octanol–water partition coefficient (Wildman–Crippen LogP) is 5.31. The van der Waals surface area contributed by atoms with Crippen LogP contribution in [-0.2, 0) is 6.61 Å². The molecule has 0 saturated heterocycles. The molecule has 2 N–H and O–H groups in total. The lowest BCUT2D eigenvalue weighted by Gasteiger charge is -2.10. The zero-order chi connectivity index (χ0) is 18.9. The van der Waals surface area contributed by atoms with Crippen molar-refractivity contribution in [2.24, 2.45) is 0 Å². The maximum atomic E-state index is 12.1. The predicted molar refractivity (Wildman–Crippen MR) is 107 cm³/mol. The zero-order valence-electron chi connectivity index (χ0n) is 15.1. The second-order valence-electron chi connectivity index (χ2n) is 5.84. The Labute approximate surface area is 158 Å². The van der Waals surface area contributed by atoms with Crippen LogP contribution in [0.4, 0.5) is 16.2 Å². The molecule has 0 unspecified atom stereocenters. The van der Waals surface area contributed by atoms with Crippen LogP contribution in [0.5, 0.6) is 11.5 Å². The highest BCUT2D eigenvalue weighted by molar-refractivity contribution is 5.99. The summed E-state index contributed by atoms with van der Waals surface area (Å²) in [5.41, 5.74) is 2.48. The van der Waals surface area contributed by atoms with Gasteiger partial charge >= 0.3 is 6.03 Å². The van der Waals surface area contributed by atoms with Crippen LogP contribution in [-0.4, -0.2) is 12.6 Å². The number of urea groups is 1. The highest BCUT2D eigenvalue weighted by Gasteiger charge is 2.04. The van der Waals surface area contributed by atoms with E-state index in [0.717, 1.165) is 17.1 Å². The minimum atomic E-state index is -0.308. The van der Waals surface area contributed by atoms with E-state index in [-0.39, 0.29) is 6.03 Å². The molecule has 2 amide bonds. The fourth-order valence-electron chi connectivity index (χ4n) is 2.47. The number of hydrogen-bond donors (Lipinski definition) is 2. The first kappa shape index (κ1) is 18.3. The van der Waals surface area contributed by atoms with Gasteiger partial charge in [-0.2, -0.15) is 0 Å². The molecule has 0 bridgehead atoms. The van der Waals surface area contributed by atoms with E-state index in [1.165, 1.54) is 0 Å². The largest absolute Gasteiger partial charge is 0.494 e. The van der Waals surface area contributed by atoms with Gasteiger partial charge in [0.25, 0.3) is 0 Å². The topological polar surface area (TPSA) is 59.6 Å². The second kappa shape index (κ2) is 9.29. The second-order valence-corrected chi connectivity index (χ2v) is 5.84. The van der Waals surface area contributed by atoms with Gasteiger partial charge in [-0.1, -0.05) is 30.3 Å². The van der Waals surface area contributed by atoms with Crippen molar-refractivity contribution in [2.45, 2.75) is 13.5 Å². The molecule has 0 aliphatic rings. The Kier molecular flexibility index (Phi) is 6.30. The van der Waals surface area contributed by atoms with Gasteiger partial charge in [-0.15, -0.1) is 0 Å². The minimum absolute atomic E-state index is 0.308. The standard InChI is InChI=1S/C22H22N2O3/c1-2-26-20-12-8-18(9-13-20)23-22(25)24-19-10-14-21(15-11-19)27-16-17-6-4-3-5-7-17/h3-15H,2,16H2,1H3,(H2,23,24,25). The van der Waals surface area contributed by atoms with E-state index in [1.807, 2.05) is 61.5 Å². The first-order chi connectivity index (χ1) is 13.2. The molecule has 0 aliphatic heterocycles. The summed E-state index contributed by atoms with van der Waals surface area (Å²) >= 11 is 0. The van der Waals surface area contributed by atoms with Crippen molar-refractivity contribution >= 4 is 17.4 Å². The van der Waals surface area contributed by atoms with Gasteiger partial charge in [0.15, 0.2) is 0 Å². The highest BCUT2D eigenvalue weighted by Crippen LogP contribution is 2.18. The molecule has 5 heteroatoms. The Bertz CT molecular complexity index is 847. The summed E-state index contributed by atoms with van der Waals surface area (Å²) in [7, 11) is 0. The van der Waals surface area contributed by atoms with E-state index < -0.39 is 0 Å². The summed E-state index contributed by atoms with van der Waals surface area (Å²) in [6, 6.07) is 24.2. The van der Waals surface area contributed by atoms with Crippen molar-refractivity contribution in [2.75, 3.05) is 17.2 Å². The monoisotopic (exact) mass is 362 g/mol. The van der Waals surface area contributed by atoms with Crippen LogP contribution in [0.2, 0.25) is 0 Å². The van der Waals surface area contributed by atoms with Crippen LogP contribution in [0.3, 0.4) is 0 Å². The maximum Gasteiger partial charge on any atom is 0.323 e. The third kappa shape index (κ3) is 5.78. The molecule has 3 aromatic carbocycles. The van der Waals surface area contributed by atoms with Crippen molar-refractivity contribution in [3.05, 3.63) is 84.4 Å². The van der Waals surface area contributed by atoms with Crippen molar-refractivity contribution < 1.29 is 14.3 Å². The summed E-state index contributed by atoms with van der Waals surface area (Å²) in [4.78, 5) is 12.1. The quantitative estimate of drug-likeness (QED) is 0.599. The first-order valence-electron chi connectivity index (χ1n) is 8.80. The fourth-order valence-corrected chi connectivity index (χ4v) is 2.47. The van der Waals surface area contributed by atoms with Crippen LogP contribution >= 0.6 is 0 Å². The average Bonchev–Trinajstić information content (AvgIpc) is 2.70. The molecule has 3 aromatic rings. The Morgan fingerprint density at radius 2 is 1.26 bits per heavy atom. The number of hydrogen-bond acceptors (Lipinski definition) is 3. The van der Waals surface area contributed by atoms with Crippen LogP contribution in [0.1, 0.15) is 12.5 Å². The van der Waals surface area contributed by atoms with Gasteiger partial charge in [0.05, 0.1) is 6.61 Å². The Balaban J connectivity index is 1.49. The summed E-state index contributed by atoms with van der Waals surface area (Å²) < 4.78 is 11.1. The Hall–Kier alpha value is -3.47. The average molecular weight is 362 g/mol. The maximum absolute atomic E-state index is 12.1. The van der Waals surface area contributed by atoms with Gasteiger partial charge in [0, 0.05) is 11.4 Å². The molecule has 0 radical (unpaired) electrons. The van der Waals surface area contributed by atoms with Crippen molar-refractivity contribution in [1.29, 1.82) is 0 Å². The lowest BCUT2D eigenvalue weighted by atomic mass is 10.2. The van der Waals surface area contributed by atoms with Crippen LogP contribution in [0.25, 0.3) is 0 Å². The Morgan fingerprint density at radius 1 is 0.741 bits per heavy atom. The highest BCUT2D eigenvalue weighted by atomic mass is 16.5. The molecule has 0 aromatic heterocycles. The summed E-state index contributed by atoms with van der Waals surface area (Å²) in [6.45, 7) is 3.04. The summed E-state index contributed by atoms with van der Waals surface area (Å²) in [5, 5.41) is 5.58. The normalized spacial score (nSPS) is 10.1. The summed E-state index contributed by atoms with van der Waals surface area (Å²) in [5.74, 6) is 1.52. The summed E-state index contributed by atoms with van der Waals surface area (Å²) in [6.07, 6.45) is 0. The van der Waals surface area contributed by atoms with Gasteiger partial charge in [-0.25, -0.2) is 4.79 Å². The number of carbonyl (C=O) groups excluding carboxylic acids is 1. The SMILES string of the molecule is CCOc1ccc(NC(=O)Nc2ccc(OCc3ccccc3)cc2)cc1. The van der Waals surface area contributed by atoms with Crippen molar-refractivity contribution in [1.82, 2.24) is 0 Å². The molecule has 138 valence electrons. The molecule has 0 heterocycles. The number of nitrogens with one attached hydrogen (secondary N) is 2. The van der Waals surface area contributed by atoms with E-state index in [4.69, 9.17) is 9.47 Å². The lowest BCUT2D eigenvalue weighted by Crippen LogP contribution is -2.19. The lowest BCUT2D eigenvalue weighted by molar-refractivity contribution is 0.262. The van der Waals surface area contributed by atoms with Gasteiger partial charge in [0.1, 0.15) is 18.1 Å². The molecule has 3 rings (SSSR count). The smallest absolute Gasteiger partial charge is 0.323 e. The van der Waals surface area contributed by atoms with Crippen molar-refractivity contribution in [3.63, 3.8) is 0 Å². The van der Waals surface area contributed by atoms with Crippen LogP contribution in [0.15, 0.2) is 78.9 Å². The van der Waals surface area contributed by atoms with Gasteiger partial charge < -0.3 is 20.1 Å². The molecule has 5 nitrogen and oxygen atoms in total. The molecule has 0 saturated carbocycles. The van der Waals surface area contributed by atoms with Crippen LogP contribution in [0, 0.1) is 0 Å². The number of anilines is 2. The van der Waals surface area contributed by atoms with E-state index in [0.29, 0.717) is 24.6 Å². The first-order valence-corrected chi connectivity index (χ1v) is 8.80. The molecular weight excluding hydrogens is 340 g/mol. The molecule has 0 spiro atoms. The van der Waals surface area contributed by atoms with Gasteiger partial charge in [-0.05, 0) is 61.0 Å². The molecule has 27 heavy (non-hydrogen) atoms. The van der Waals surface area contributed by atoms with E-state index >= 15 is 0 Å². The molecular formula is C22H22N2O3. The number of ether oxygens (including phenoxy) is 2. The number of rotatable bonds is 7. The van der Waals surface area contributed by atoms with Crippen LogP contribution < -0.4 is 20.1 Å². The van der Waals surface area contributed by atoms with Gasteiger partial charge in [-0.3, -0.25) is 0 Å². The number of benzene rings is 3. The van der Waals surface area contributed by atoms with E-state index in [9.17, 15) is 4.79 Å². The number of carbonyl (C=O) groups is 1. The van der Waals surface area contributed by atoms with Gasteiger partial charge in [0.2, 0.25) is 0 Å². The minimum Gasteiger partial charge on any atom is -0.494 e. The molecule has 0 fully saturated rings. The Morgan fingerprint density at radius 3 is 1.78 bits per heavy atom. The molecule has 0 atom stereocenters. The molecule has 0 aliphatic carbocycles. The van der Waals surface area contributed by atoms with E-state index in [2.05, 4.69) is 10.6 Å². The third-order valence-corrected chi connectivity index (χ3v) is 3.78. The van der Waals surface area contributed by atoms with E-state index in [1.54, 1.807) is 24.3 Å². The van der Waals surface area contributed by atoms with Crippen molar-refractivity contribution in [3.8, 4) is 11.5 Å². The third-order valence-electron chi connectivity index (χ3n) is 3.78. The fraction of sp³-hybridized carbons (Fsp3) is 0.136. The zero-order valence-corrected chi connectivity index (χ0v) is 15.1.